The highest BCUT2D eigenvalue weighted by Crippen LogP contribution is 2.23. The van der Waals surface area contributed by atoms with E-state index in [1.165, 1.54) is 0 Å². The van der Waals surface area contributed by atoms with Gasteiger partial charge in [0.2, 0.25) is 0 Å². The largest absolute Gasteiger partial charge is 0.481 e. The van der Waals surface area contributed by atoms with Crippen LogP contribution in [0.3, 0.4) is 0 Å². The maximum absolute atomic E-state index is 12.6. The van der Waals surface area contributed by atoms with Crippen molar-refractivity contribution in [1.82, 2.24) is 14.5 Å². The first kappa shape index (κ1) is 14.9. The number of carboxylic acids is 1. The van der Waals surface area contributed by atoms with E-state index in [1.807, 2.05) is 13.8 Å². The van der Waals surface area contributed by atoms with Gasteiger partial charge in [-0.25, -0.2) is 0 Å². The minimum atomic E-state index is -0.940. The number of rotatable bonds is 4. The number of carboxylic acid groups (broad SMARTS) is 1. The molecular weight excluding hydrogens is 282 g/mol. The monoisotopic (exact) mass is 299 g/mol. The molecule has 0 spiro atoms. The molecule has 2 heterocycles. The summed E-state index contributed by atoms with van der Waals surface area (Å²) < 4.78 is 9.12. The molecule has 110 valence electrons. The van der Waals surface area contributed by atoms with Crippen LogP contribution in [0.5, 0.6) is 0 Å². The maximum atomic E-state index is 12.6. The van der Waals surface area contributed by atoms with Crippen LogP contribution >= 0.6 is 11.5 Å². The maximum Gasteiger partial charge on any atom is 0.305 e. The zero-order chi connectivity index (χ0) is 14.7. The van der Waals surface area contributed by atoms with E-state index in [1.54, 1.807) is 4.90 Å². The average molecular weight is 299 g/mol. The van der Waals surface area contributed by atoms with E-state index in [9.17, 15) is 9.59 Å². The van der Waals surface area contributed by atoms with Crippen LogP contribution < -0.4 is 0 Å². The first-order valence-corrected chi connectivity index (χ1v) is 7.20. The second-order valence-corrected chi connectivity index (χ2v) is 5.72. The van der Waals surface area contributed by atoms with Gasteiger partial charge in [-0.2, -0.15) is 0 Å². The zero-order valence-electron chi connectivity index (χ0n) is 11.4. The molecule has 1 saturated heterocycles. The van der Waals surface area contributed by atoms with Crippen LogP contribution in [-0.2, 0) is 9.53 Å². The summed E-state index contributed by atoms with van der Waals surface area (Å²) in [5.41, 5.74) is 0.667. The molecule has 1 aliphatic rings. The van der Waals surface area contributed by atoms with Crippen molar-refractivity contribution < 1.29 is 19.4 Å². The molecule has 0 saturated carbocycles. The Bertz CT molecular complexity index is 503. The fourth-order valence-electron chi connectivity index (χ4n) is 2.15. The van der Waals surface area contributed by atoms with Gasteiger partial charge in [0.1, 0.15) is 4.88 Å². The SMILES string of the molecule is CC(C)c1nnsc1C(=O)N1CCOCC1CC(=O)O. The Kier molecular flexibility index (Phi) is 4.66. The van der Waals surface area contributed by atoms with Crippen molar-refractivity contribution in [1.29, 1.82) is 0 Å². The van der Waals surface area contributed by atoms with Crippen LogP contribution in [-0.4, -0.2) is 57.3 Å². The number of carbonyl (C=O) groups is 2. The van der Waals surface area contributed by atoms with Gasteiger partial charge in [0.25, 0.3) is 5.91 Å². The topological polar surface area (TPSA) is 92.6 Å². The van der Waals surface area contributed by atoms with E-state index < -0.39 is 12.0 Å². The molecule has 0 aliphatic carbocycles. The third kappa shape index (κ3) is 3.13. The lowest BCUT2D eigenvalue weighted by atomic mass is 10.1. The Hall–Kier alpha value is -1.54. The van der Waals surface area contributed by atoms with E-state index in [4.69, 9.17) is 9.84 Å². The molecule has 0 bridgehead atoms. The Balaban J connectivity index is 2.21. The number of amides is 1. The molecule has 0 radical (unpaired) electrons. The van der Waals surface area contributed by atoms with Crippen molar-refractivity contribution >= 4 is 23.4 Å². The Morgan fingerprint density at radius 3 is 2.95 bits per heavy atom. The molecule has 1 unspecified atom stereocenters. The van der Waals surface area contributed by atoms with E-state index in [-0.39, 0.29) is 24.9 Å². The lowest BCUT2D eigenvalue weighted by molar-refractivity contribution is -0.139. The molecule has 1 aliphatic heterocycles. The predicted octanol–water partition coefficient (Wildman–Crippen LogP) is 0.977. The summed E-state index contributed by atoms with van der Waals surface area (Å²) >= 11 is 1.06. The summed E-state index contributed by atoms with van der Waals surface area (Å²) in [6.45, 7) is 4.96. The van der Waals surface area contributed by atoms with Gasteiger partial charge in [-0.15, -0.1) is 5.10 Å². The molecule has 8 heteroatoms. The van der Waals surface area contributed by atoms with Crippen molar-refractivity contribution in [2.75, 3.05) is 19.8 Å². The fourth-order valence-corrected chi connectivity index (χ4v) is 2.92. The van der Waals surface area contributed by atoms with Gasteiger partial charge in [0.15, 0.2) is 0 Å². The van der Waals surface area contributed by atoms with E-state index in [0.29, 0.717) is 23.7 Å². The van der Waals surface area contributed by atoms with Crippen molar-refractivity contribution in [3.8, 4) is 0 Å². The number of hydrogen-bond acceptors (Lipinski definition) is 6. The van der Waals surface area contributed by atoms with E-state index in [2.05, 4.69) is 9.59 Å². The number of aromatic nitrogens is 2. The summed E-state index contributed by atoms with van der Waals surface area (Å²) in [5, 5.41) is 12.9. The van der Waals surface area contributed by atoms with Gasteiger partial charge < -0.3 is 14.7 Å². The first-order chi connectivity index (χ1) is 9.50. The van der Waals surface area contributed by atoms with Crippen molar-refractivity contribution in [2.45, 2.75) is 32.2 Å². The van der Waals surface area contributed by atoms with E-state index >= 15 is 0 Å². The molecule has 1 fully saturated rings. The van der Waals surface area contributed by atoms with Crippen LogP contribution in [0.4, 0.5) is 0 Å². The fraction of sp³-hybridized carbons (Fsp3) is 0.667. The van der Waals surface area contributed by atoms with Crippen molar-refractivity contribution in [3.05, 3.63) is 10.6 Å². The predicted molar refractivity (Wildman–Crippen MR) is 71.9 cm³/mol. The smallest absolute Gasteiger partial charge is 0.305 e. The van der Waals surface area contributed by atoms with Gasteiger partial charge in [-0.3, -0.25) is 9.59 Å². The number of morpholine rings is 1. The highest BCUT2D eigenvalue weighted by molar-refractivity contribution is 7.08. The number of hydrogen-bond donors (Lipinski definition) is 1. The number of aliphatic carboxylic acids is 1. The molecule has 20 heavy (non-hydrogen) atoms. The number of ether oxygens (including phenoxy) is 1. The van der Waals surface area contributed by atoms with Gasteiger partial charge >= 0.3 is 5.97 Å². The number of carbonyl (C=O) groups excluding carboxylic acids is 1. The molecule has 0 aromatic carbocycles. The Morgan fingerprint density at radius 2 is 2.30 bits per heavy atom. The second-order valence-electron chi connectivity index (χ2n) is 4.97. The molecule has 7 nitrogen and oxygen atoms in total. The van der Waals surface area contributed by atoms with Gasteiger partial charge in [-0.1, -0.05) is 18.3 Å². The minimum Gasteiger partial charge on any atom is -0.481 e. The normalized spacial score (nSPS) is 19.4. The second kappa shape index (κ2) is 6.27. The Morgan fingerprint density at radius 1 is 1.55 bits per heavy atom. The van der Waals surface area contributed by atoms with Crippen LogP contribution in [0.2, 0.25) is 0 Å². The molecule has 2 rings (SSSR count). The lowest BCUT2D eigenvalue weighted by Crippen LogP contribution is -2.49. The third-order valence-electron chi connectivity index (χ3n) is 3.15. The summed E-state index contributed by atoms with van der Waals surface area (Å²) in [7, 11) is 0. The van der Waals surface area contributed by atoms with Gasteiger partial charge in [0.05, 0.1) is 31.4 Å². The minimum absolute atomic E-state index is 0.103. The number of nitrogens with zero attached hydrogens (tertiary/aromatic N) is 3. The molecule has 1 amide bonds. The average Bonchev–Trinajstić information content (AvgIpc) is 2.87. The highest BCUT2D eigenvalue weighted by Gasteiger charge is 2.32. The molecule has 1 atom stereocenters. The molecule has 1 N–H and O–H groups in total. The van der Waals surface area contributed by atoms with Crippen molar-refractivity contribution in [2.24, 2.45) is 0 Å². The van der Waals surface area contributed by atoms with Gasteiger partial charge in [-0.05, 0) is 17.5 Å². The van der Waals surface area contributed by atoms with Crippen molar-refractivity contribution in [3.63, 3.8) is 0 Å². The summed E-state index contributed by atoms with van der Waals surface area (Å²) in [4.78, 5) is 25.5. The summed E-state index contributed by atoms with van der Waals surface area (Å²) in [5.74, 6) is -1.03. The Labute approximate surface area is 120 Å². The first-order valence-electron chi connectivity index (χ1n) is 6.43. The zero-order valence-corrected chi connectivity index (χ0v) is 12.2. The van der Waals surface area contributed by atoms with E-state index in [0.717, 1.165) is 11.5 Å². The summed E-state index contributed by atoms with van der Waals surface area (Å²) in [6.07, 6.45) is -0.116. The third-order valence-corrected chi connectivity index (χ3v) is 3.88. The van der Waals surface area contributed by atoms with Crippen LogP contribution in [0.25, 0.3) is 0 Å². The molecular formula is C12H17N3O4S. The lowest BCUT2D eigenvalue weighted by Gasteiger charge is -2.34. The molecule has 1 aromatic heterocycles. The standard InChI is InChI=1S/C12H17N3O4S/c1-7(2)10-11(20-14-13-10)12(18)15-3-4-19-6-8(15)5-9(16)17/h7-8H,3-6H2,1-2H3,(H,16,17). The van der Waals surface area contributed by atoms with Crippen LogP contribution in [0.1, 0.15) is 41.6 Å². The quantitative estimate of drug-likeness (QED) is 0.890. The molecule has 1 aromatic rings. The van der Waals surface area contributed by atoms with Crippen LogP contribution in [0, 0.1) is 0 Å². The van der Waals surface area contributed by atoms with Gasteiger partial charge in [0, 0.05) is 6.54 Å². The highest BCUT2D eigenvalue weighted by atomic mass is 32.1. The summed E-state index contributed by atoms with van der Waals surface area (Å²) in [6, 6.07) is -0.434. The van der Waals surface area contributed by atoms with Crippen LogP contribution in [0.15, 0.2) is 0 Å².